The number of aromatic amines is 1. The molecule has 29 heavy (non-hydrogen) atoms. The van der Waals surface area contributed by atoms with Gasteiger partial charge >= 0.3 is 6.18 Å². The molecule has 0 radical (unpaired) electrons. The van der Waals surface area contributed by atoms with E-state index in [0.717, 1.165) is 0 Å². The number of aromatic nitrogens is 4. The number of nitrogens with zero attached hydrogens (tertiary/aromatic N) is 3. The lowest BCUT2D eigenvalue weighted by Gasteiger charge is -2.10. The van der Waals surface area contributed by atoms with Crippen LogP contribution in [-0.4, -0.2) is 31.4 Å². The van der Waals surface area contributed by atoms with Crippen LogP contribution in [0.5, 0.6) is 0 Å². The molecular weight excluding hydrogens is 414 g/mol. The van der Waals surface area contributed by atoms with Crippen LogP contribution in [-0.2, 0) is 11.0 Å². The smallest absolute Gasteiger partial charge is 0.310 e. The van der Waals surface area contributed by atoms with E-state index in [0.29, 0.717) is 23.5 Å². The lowest BCUT2D eigenvalue weighted by atomic mass is 10.3. The first-order chi connectivity index (χ1) is 13.6. The van der Waals surface area contributed by atoms with Gasteiger partial charge in [-0.3, -0.25) is 9.59 Å². The van der Waals surface area contributed by atoms with E-state index in [9.17, 15) is 27.2 Å². The molecule has 0 saturated carbocycles. The van der Waals surface area contributed by atoms with Crippen LogP contribution in [0.15, 0.2) is 46.3 Å². The van der Waals surface area contributed by atoms with Crippen molar-refractivity contribution in [3.05, 3.63) is 64.0 Å². The number of benzene rings is 1. The second-order valence-corrected chi connectivity index (χ2v) is 6.77. The molecule has 2 N–H and O–H groups in total. The average Bonchev–Trinajstić information content (AvgIpc) is 2.99. The number of alkyl halides is 3. The zero-order valence-electron chi connectivity index (χ0n) is 14.7. The zero-order chi connectivity index (χ0) is 21.2. The van der Waals surface area contributed by atoms with E-state index in [-0.39, 0.29) is 22.4 Å². The molecule has 3 aromatic rings. The van der Waals surface area contributed by atoms with Gasteiger partial charge in [-0.25, -0.2) is 14.1 Å². The van der Waals surface area contributed by atoms with Crippen molar-refractivity contribution >= 4 is 23.5 Å². The van der Waals surface area contributed by atoms with E-state index in [1.54, 1.807) is 13.0 Å². The van der Waals surface area contributed by atoms with Crippen molar-refractivity contribution in [2.24, 2.45) is 0 Å². The molecule has 0 saturated heterocycles. The summed E-state index contributed by atoms with van der Waals surface area (Å²) in [6.07, 6.45) is -4.78. The average molecular weight is 427 g/mol. The van der Waals surface area contributed by atoms with Crippen molar-refractivity contribution < 1.29 is 22.4 Å². The van der Waals surface area contributed by atoms with Gasteiger partial charge in [0.05, 0.1) is 11.4 Å². The summed E-state index contributed by atoms with van der Waals surface area (Å²) in [7, 11) is 0. The summed E-state index contributed by atoms with van der Waals surface area (Å²) in [6.45, 7) is 1.65. The highest BCUT2D eigenvalue weighted by Crippen LogP contribution is 2.27. The molecule has 2 aromatic heterocycles. The van der Waals surface area contributed by atoms with Gasteiger partial charge < -0.3 is 10.3 Å². The van der Waals surface area contributed by atoms with Crippen molar-refractivity contribution in [1.82, 2.24) is 19.7 Å². The Morgan fingerprint density at radius 3 is 2.69 bits per heavy atom. The maximum atomic E-state index is 14.0. The number of hydrogen-bond donors (Lipinski definition) is 2. The SMILES string of the molecule is Cc1cc(NC(=O)CSc2nc(C(F)(F)F)cc(=O)[nH]2)n(-c2ccccc2F)n1. The molecule has 0 aliphatic heterocycles. The first-order valence-electron chi connectivity index (χ1n) is 8.06. The Morgan fingerprint density at radius 2 is 2.00 bits per heavy atom. The Labute approximate surface area is 165 Å². The maximum absolute atomic E-state index is 14.0. The van der Waals surface area contributed by atoms with Gasteiger partial charge in [0.1, 0.15) is 17.3 Å². The summed E-state index contributed by atoms with van der Waals surface area (Å²) in [4.78, 5) is 29.0. The van der Waals surface area contributed by atoms with E-state index >= 15 is 0 Å². The predicted molar refractivity (Wildman–Crippen MR) is 97.5 cm³/mol. The van der Waals surface area contributed by atoms with Crippen LogP contribution in [0.25, 0.3) is 5.69 Å². The number of rotatable bonds is 5. The van der Waals surface area contributed by atoms with Crippen molar-refractivity contribution in [2.75, 3.05) is 11.1 Å². The van der Waals surface area contributed by atoms with E-state index in [2.05, 4.69) is 20.4 Å². The monoisotopic (exact) mass is 427 g/mol. The van der Waals surface area contributed by atoms with Gasteiger partial charge in [-0.2, -0.15) is 18.3 Å². The first kappa shape index (κ1) is 20.6. The summed E-state index contributed by atoms with van der Waals surface area (Å²) in [5.41, 5.74) is -1.70. The van der Waals surface area contributed by atoms with Crippen LogP contribution in [0.1, 0.15) is 11.4 Å². The fourth-order valence-corrected chi connectivity index (χ4v) is 3.03. The van der Waals surface area contributed by atoms with Crippen molar-refractivity contribution in [2.45, 2.75) is 18.3 Å². The number of carbonyl (C=O) groups excluding carboxylic acids is 1. The fourth-order valence-electron chi connectivity index (χ4n) is 2.36. The molecular formula is C17H13F4N5O2S. The second kappa shape index (κ2) is 8.07. The molecule has 0 unspecified atom stereocenters. The topological polar surface area (TPSA) is 92.7 Å². The molecule has 7 nitrogen and oxygen atoms in total. The molecule has 152 valence electrons. The minimum absolute atomic E-state index is 0.118. The van der Waals surface area contributed by atoms with Gasteiger partial charge in [0.2, 0.25) is 5.91 Å². The van der Waals surface area contributed by atoms with Crippen LogP contribution in [0, 0.1) is 12.7 Å². The normalized spacial score (nSPS) is 11.5. The number of carbonyl (C=O) groups is 1. The molecule has 0 atom stereocenters. The quantitative estimate of drug-likeness (QED) is 0.371. The van der Waals surface area contributed by atoms with Gasteiger partial charge in [-0.1, -0.05) is 23.9 Å². The van der Waals surface area contributed by atoms with Crippen LogP contribution in [0.3, 0.4) is 0 Å². The molecule has 0 fully saturated rings. The Balaban J connectivity index is 1.74. The summed E-state index contributed by atoms with van der Waals surface area (Å²) in [5.74, 6) is -1.31. The lowest BCUT2D eigenvalue weighted by Crippen LogP contribution is -2.19. The highest BCUT2D eigenvalue weighted by atomic mass is 32.2. The summed E-state index contributed by atoms with van der Waals surface area (Å²) < 4.78 is 53.4. The van der Waals surface area contributed by atoms with Crippen LogP contribution >= 0.6 is 11.8 Å². The molecule has 2 heterocycles. The third-order valence-corrected chi connectivity index (χ3v) is 4.40. The van der Waals surface area contributed by atoms with Crippen molar-refractivity contribution in [1.29, 1.82) is 0 Å². The Hall–Kier alpha value is -3.15. The molecule has 0 bridgehead atoms. The Morgan fingerprint density at radius 1 is 1.28 bits per heavy atom. The van der Waals surface area contributed by atoms with E-state index in [1.165, 1.54) is 28.9 Å². The Kier molecular flexibility index (Phi) is 5.73. The molecule has 0 aliphatic carbocycles. The number of anilines is 1. The van der Waals surface area contributed by atoms with E-state index in [1.807, 2.05) is 0 Å². The minimum atomic E-state index is -4.78. The second-order valence-electron chi connectivity index (χ2n) is 5.80. The molecule has 12 heteroatoms. The predicted octanol–water partition coefficient (Wildman–Crippen LogP) is 3.15. The highest BCUT2D eigenvalue weighted by Gasteiger charge is 2.33. The van der Waals surface area contributed by atoms with Crippen LogP contribution in [0.4, 0.5) is 23.4 Å². The third-order valence-electron chi connectivity index (χ3n) is 3.53. The molecule has 0 aliphatic rings. The number of thioether (sulfide) groups is 1. The number of halogens is 4. The molecule has 3 rings (SSSR count). The number of aryl methyl sites for hydroxylation is 1. The van der Waals surface area contributed by atoms with Crippen molar-refractivity contribution in [3.63, 3.8) is 0 Å². The number of para-hydroxylation sites is 1. The number of H-pyrrole nitrogens is 1. The summed E-state index contributed by atoms with van der Waals surface area (Å²) in [6, 6.07) is 7.67. The number of nitrogens with one attached hydrogen (secondary N) is 2. The lowest BCUT2D eigenvalue weighted by molar-refractivity contribution is -0.141. The van der Waals surface area contributed by atoms with E-state index in [4.69, 9.17) is 0 Å². The van der Waals surface area contributed by atoms with Gasteiger partial charge in [0.15, 0.2) is 10.9 Å². The summed E-state index contributed by atoms with van der Waals surface area (Å²) in [5, 5.41) is 6.30. The van der Waals surface area contributed by atoms with Crippen LogP contribution in [0.2, 0.25) is 0 Å². The van der Waals surface area contributed by atoms with Crippen molar-refractivity contribution in [3.8, 4) is 5.69 Å². The fraction of sp³-hybridized carbons (Fsp3) is 0.176. The highest BCUT2D eigenvalue weighted by molar-refractivity contribution is 7.99. The van der Waals surface area contributed by atoms with Gasteiger partial charge in [0, 0.05) is 12.1 Å². The number of hydrogen-bond acceptors (Lipinski definition) is 5. The minimum Gasteiger partial charge on any atom is -0.310 e. The van der Waals surface area contributed by atoms with Gasteiger partial charge in [-0.05, 0) is 19.1 Å². The molecule has 1 aromatic carbocycles. The van der Waals surface area contributed by atoms with E-state index < -0.39 is 29.2 Å². The summed E-state index contributed by atoms with van der Waals surface area (Å²) >= 11 is 0.621. The molecule has 1 amide bonds. The first-order valence-corrected chi connectivity index (χ1v) is 9.05. The maximum Gasteiger partial charge on any atom is 0.433 e. The van der Waals surface area contributed by atoms with Crippen LogP contribution < -0.4 is 10.9 Å². The largest absolute Gasteiger partial charge is 0.433 e. The Bertz CT molecular complexity index is 1110. The number of amides is 1. The van der Waals surface area contributed by atoms with Gasteiger partial charge in [-0.15, -0.1) is 0 Å². The molecule has 0 spiro atoms. The standard InChI is InChI=1S/C17H13F4N5O2S/c1-9-6-13(26(25-9)11-5-3-2-4-10(11)18)23-15(28)8-29-16-22-12(17(19,20)21)7-14(27)24-16/h2-7H,8H2,1H3,(H,23,28)(H,22,24,27). The third kappa shape index (κ3) is 5.02. The van der Waals surface area contributed by atoms with Gasteiger partial charge in [0.25, 0.3) is 5.56 Å². The zero-order valence-corrected chi connectivity index (χ0v) is 15.6.